The Morgan fingerprint density at radius 3 is 1.74 bits per heavy atom. The maximum Gasteiger partial charge on any atom is 0.312 e. The maximum atomic E-state index is 12.0. The molecule has 106 valence electrons. The van der Waals surface area contributed by atoms with E-state index >= 15 is 0 Å². The number of rotatable bonds is 6. The second-order valence-electron chi connectivity index (χ2n) is 4.74. The van der Waals surface area contributed by atoms with E-state index in [1.165, 1.54) is 14.2 Å². The predicted molar refractivity (Wildman–Crippen MR) is 63.7 cm³/mol. The maximum absolute atomic E-state index is 12.0. The van der Waals surface area contributed by atoms with Crippen LogP contribution in [-0.4, -0.2) is 39.7 Å². The van der Waals surface area contributed by atoms with Gasteiger partial charge in [-0.1, -0.05) is 12.2 Å². The highest BCUT2D eigenvalue weighted by atomic mass is 16.7. The fourth-order valence-corrected chi connectivity index (χ4v) is 2.89. The Kier molecular flexibility index (Phi) is 4.55. The summed E-state index contributed by atoms with van der Waals surface area (Å²) in [6.45, 7) is -0.202. The number of carbonyl (C=O) groups excluding carboxylic acids is 2. The van der Waals surface area contributed by atoms with Gasteiger partial charge in [0.15, 0.2) is 13.6 Å². The molecule has 0 aromatic rings. The number of esters is 2. The fourth-order valence-electron chi connectivity index (χ4n) is 2.89. The molecule has 2 rings (SSSR count). The van der Waals surface area contributed by atoms with Crippen molar-refractivity contribution in [2.45, 2.75) is 6.42 Å². The summed E-state index contributed by atoms with van der Waals surface area (Å²) in [6.07, 6.45) is 4.74. The molecule has 6 nitrogen and oxygen atoms in total. The monoisotopic (exact) mass is 270 g/mol. The van der Waals surface area contributed by atoms with E-state index in [1.54, 1.807) is 0 Å². The van der Waals surface area contributed by atoms with Crippen LogP contribution in [0.1, 0.15) is 6.42 Å². The van der Waals surface area contributed by atoms with E-state index in [0.29, 0.717) is 0 Å². The lowest BCUT2D eigenvalue weighted by molar-refractivity contribution is -0.172. The third-order valence-electron chi connectivity index (χ3n) is 3.64. The van der Waals surface area contributed by atoms with Gasteiger partial charge in [0.1, 0.15) is 0 Å². The van der Waals surface area contributed by atoms with Crippen LogP contribution in [0.25, 0.3) is 0 Å². The van der Waals surface area contributed by atoms with Crippen LogP contribution in [0.2, 0.25) is 0 Å². The summed E-state index contributed by atoms with van der Waals surface area (Å²) in [5.74, 6) is -1.66. The van der Waals surface area contributed by atoms with Gasteiger partial charge >= 0.3 is 11.9 Å². The standard InChI is InChI=1S/C13H18O6/c1-16-6-18-12(14)10-8-3-4-9(5-8)11(10)13(15)19-7-17-2/h3-4,8-11H,5-7H2,1-2H3. The van der Waals surface area contributed by atoms with Crippen LogP contribution < -0.4 is 0 Å². The highest BCUT2D eigenvalue weighted by Gasteiger charge is 2.53. The molecule has 2 aliphatic carbocycles. The van der Waals surface area contributed by atoms with Gasteiger partial charge in [-0.15, -0.1) is 0 Å². The summed E-state index contributed by atoms with van der Waals surface area (Å²) in [4.78, 5) is 24.0. The third-order valence-corrected chi connectivity index (χ3v) is 3.64. The van der Waals surface area contributed by atoms with Crippen molar-refractivity contribution in [3.05, 3.63) is 12.2 Å². The smallest absolute Gasteiger partial charge is 0.312 e. The Balaban J connectivity index is 2.04. The summed E-state index contributed by atoms with van der Waals surface area (Å²) < 4.78 is 19.4. The molecule has 6 heteroatoms. The minimum Gasteiger partial charge on any atom is -0.438 e. The normalized spacial score (nSPS) is 31.5. The van der Waals surface area contributed by atoms with Crippen LogP contribution in [0.5, 0.6) is 0 Å². The van der Waals surface area contributed by atoms with Gasteiger partial charge in [-0.2, -0.15) is 0 Å². The second-order valence-corrected chi connectivity index (χ2v) is 4.74. The molecule has 0 aromatic carbocycles. The molecule has 0 aromatic heterocycles. The topological polar surface area (TPSA) is 71.1 Å². The summed E-state index contributed by atoms with van der Waals surface area (Å²) in [6, 6.07) is 0. The summed E-state index contributed by atoms with van der Waals surface area (Å²) in [7, 11) is 2.89. The zero-order chi connectivity index (χ0) is 13.8. The molecule has 2 aliphatic rings. The first kappa shape index (κ1) is 14.0. The van der Waals surface area contributed by atoms with E-state index in [1.807, 2.05) is 12.2 Å². The van der Waals surface area contributed by atoms with Gasteiger partial charge in [0.25, 0.3) is 0 Å². The average molecular weight is 270 g/mol. The summed E-state index contributed by atoms with van der Waals surface area (Å²) in [5.41, 5.74) is 0. The predicted octanol–water partition coefficient (Wildman–Crippen LogP) is 0.719. The quantitative estimate of drug-likeness (QED) is 0.402. The number of ether oxygens (including phenoxy) is 4. The van der Waals surface area contributed by atoms with E-state index in [9.17, 15) is 9.59 Å². The molecule has 0 aliphatic heterocycles. The molecule has 0 saturated heterocycles. The molecule has 1 fully saturated rings. The van der Waals surface area contributed by atoms with Gasteiger partial charge in [0, 0.05) is 14.2 Å². The van der Waals surface area contributed by atoms with Crippen molar-refractivity contribution in [3.8, 4) is 0 Å². The molecule has 1 saturated carbocycles. The van der Waals surface area contributed by atoms with Gasteiger partial charge in [-0.25, -0.2) is 0 Å². The Morgan fingerprint density at radius 2 is 1.37 bits per heavy atom. The van der Waals surface area contributed by atoms with Crippen LogP contribution in [-0.2, 0) is 28.5 Å². The first-order valence-corrected chi connectivity index (χ1v) is 6.18. The Bertz CT molecular complexity index is 343. The van der Waals surface area contributed by atoms with Crippen molar-refractivity contribution in [2.24, 2.45) is 23.7 Å². The number of hydrogen-bond donors (Lipinski definition) is 0. The lowest BCUT2D eigenvalue weighted by Gasteiger charge is -2.24. The van der Waals surface area contributed by atoms with Crippen LogP contribution in [0.4, 0.5) is 0 Å². The average Bonchev–Trinajstić information content (AvgIpc) is 3.02. The molecular formula is C13H18O6. The summed E-state index contributed by atoms with van der Waals surface area (Å²) in [5, 5.41) is 0. The fraction of sp³-hybridized carbons (Fsp3) is 0.692. The second kappa shape index (κ2) is 6.16. The molecule has 0 spiro atoms. The lowest BCUT2D eigenvalue weighted by Crippen LogP contribution is -2.35. The van der Waals surface area contributed by atoms with Gasteiger partial charge in [-0.3, -0.25) is 9.59 Å². The van der Waals surface area contributed by atoms with Crippen molar-refractivity contribution < 1.29 is 28.5 Å². The number of hydrogen-bond acceptors (Lipinski definition) is 6. The van der Waals surface area contributed by atoms with E-state index in [2.05, 4.69) is 0 Å². The van der Waals surface area contributed by atoms with E-state index in [0.717, 1.165) is 6.42 Å². The zero-order valence-electron chi connectivity index (χ0n) is 11.0. The van der Waals surface area contributed by atoms with Gasteiger partial charge in [0.05, 0.1) is 11.8 Å². The number of fused-ring (bicyclic) bond motifs is 2. The first-order valence-electron chi connectivity index (χ1n) is 6.18. The van der Waals surface area contributed by atoms with Crippen molar-refractivity contribution in [1.82, 2.24) is 0 Å². The molecule has 0 radical (unpaired) electrons. The highest BCUT2D eigenvalue weighted by Crippen LogP contribution is 2.48. The largest absolute Gasteiger partial charge is 0.438 e. The van der Waals surface area contributed by atoms with E-state index in [-0.39, 0.29) is 25.4 Å². The van der Waals surface area contributed by atoms with Crippen molar-refractivity contribution in [1.29, 1.82) is 0 Å². The summed E-state index contributed by atoms with van der Waals surface area (Å²) >= 11 is 0. The molecule has 19 heavy (non-hydrogen) atoms. The Hall–Kier alpha value is -1.40. The SMILES string of the molecule is COCOC(=O)C1C2C=CC(C2)C1C(=O)OCOC. The first-order chi connectivity index (χ1) is 9.19. The molecule has 2 bridgehead atoms. The molecule has 0 heterocycles. The molecule has 4 atom stereocenters. The van der Waals surface area contributed by atoms with E-state index in [4.69, 9.17) is 18.9 Å². The zero-order valence-corrected chi connectivity index (χ0v) is 11.0. The van der Waals surface area contributed by atoms with Crippen LogP contribution in [0.15, 0.2) is 12.2 Å². The van der Waals surface area contributed by atoms with Gasteiger partial charge in [0.2, 0.25) is 0 Å². The van der Waals surface area contributed by atoms with Crippen molar-refractivity contribution in [2.75, 3.05) is 27.8 Å². The number of allylic oxidation sites excluding steroid dienone is 2. The van der Waals surface area contributed by atoms with Crippen molar-refractivity contribution in [3.63, 3.8) is 0 Å². The minimum absolute atomic E-state index is 0.0504. The minimum atomic E-state index is -0.477. The molecule has 0 N–H and O–H groups in total. The van der Waals surface area contributed by atoms with Crippen LogP contribution in [0, 0.1) is 23.7 Å². The molecular weight excluding hydrogens is 252 g/mol. The van der Waals surface area contributed by atoms with Crippen LogP contribution in [0.3, 0.4) is 0 Å². The molecule has 0 amide bonds. The van der Waals surface area contributed by atoms with E-state index < -0.39 is 23.8 Å². The third kappa shape index (κ3) is 2.79. The Labute approximate surface area is 111 Å². The highest BCUT2D eigenvalue weighted by molar-refractivity contribution is 5.84. The van der Waals surface area contributed by atoms with Gasteiger partial charge < -0.3 is 18.9 Å². The lowest BCUT2D eigenvalue weighted by atomic mass is 9.83. The Morgan fingerprint density at radius 1 is 0.947 bits per heavy atom. The van der Waals surface area contributed by atoms with Crippen molar-refractivity contribution >= 4 is 11.9 Å². The van der Waals surface area contributed by atoms with Crippen LogP contribution >= 0.6 is 0 Å². The molecule has 4 unspecified atom stereocenters. The number of carbonyl (C=O) groups is 2. The number of methoxy groups -OCH3 is 2. The van der Waals surface area contributed by atoms with Gasteiger partial charge in [-0.05, 0) is 18.3 Å².